The topological polar surface area (TPSA) is 75.3 Å². The summed E-state index contributed by atoms with van der Waals surface area (Å²) in [6, 6.07) is 5.73. The molecule has 0 aromatic heterocycles. The number of para-hydroxylation sites is 1. The molecule has 0 spiro atoms. The molecule has 0 aliphatic rings. The minimum Gasteiger partial charge on any atom is -0.322 e. The monoisotopic (exact) mass is 344 g/mol. The van der Waals surface area contributed by atoms with Crippen LogP contribution < -0.4 is 10.0 Å². The third kappa shape index (κ3) is 8.66. The van der Waals surface area contributed by atoms with Gasteiger partial charge in [-0.25, -0.2) is 17.5 Å². The highest BCUT2D eigenvalue weighted by Gasteiger charge is 2.13. The van der Waals surface area contributed by atoms with Crippen molar-refractivity contribution in [1.29, 1.82) is 0 Å². The van der Waals surface area contributed by atoms with E-state index in [1.54, 1.807) is 6.07 Å². The molecular formula is C16H25FN2O3S. The number of carbonyl (C=O) groups excluding carboxylic acids is 1. The Morgan fingerprint density at radius 3 is 2.43 bits per heavy atom. The fraction of sp³-hybridized carbons (Fsp3) is 0.562. The first kappa shape index (κ1) is 19.6. The van der Waals surface area contributed by atoms with Crippen LogP contribution in [-0.2, 0) is 14.8 Å². The maximum atomic E-state index is 13.4. The van der Waals surface area contributed by atoms with E-state index < -0.39 is 28.3 Å². The van der Waals surface area contributed by atoms with Crippen molar-refractivity contribution >= 4 is 21.6 Å². The van der Waals surface area contributed by atoms with E-state index >= 15 is 0 Å². The molecule has 1 rings (SSSR count). The van der Waals surface area contributed by atoms with Crippen LogP contribution >= 0.6 is 0 Å². The summed E-state index contributed by atoms with van der Waals surface area (Å²) in [7, 11) is -3.48. The molecule has 5 nitrogen and oxygen atoms in total. The zero-order valence-electron chi connectivity index (χ0n) is 13.5. The number of unbranched alkanes of at least 4 members (excludes halogenated alkanes) is 5. The van der Waals surface area contributed by atoms with Crippen LogP contribution in [0.3, 0.4) is 0 Å². The molecule has 0 aliphatic heterocycles. The lowest BCUT2D eigenvalue weighted by Gasteiger charge is -2.08. The summed E-state index contributed by atoms with van der Waals surface area (Å²) in [5.41, 5.74) is 0.0348. The quantitative estimate of drug-likeness (QED) is 0.606. The van der Waals surface area contributed by atoms with Gasteiger partial charge in [-0.15, -0.1) is 0 Å². The van der Waals surface area contributed by atoms with Gasteiger partial charge in [0.1, 0.15) is 5.82 Å². The average Bonchev–Trinajstić information content (AvgIpc) is 2.51. The molecule has 1 aromatic rings. The van der Waals surface area contributed by atoms with Crippen molar-refractivity contribution in [2.75, 3.05) is 17.6 Å². The molecule has 2 N–H and O–H groups in total. The Balaban J connectivity index is 2.27. The van der Waals surface area contributed by atoms with Gasteiger partial charge in [0, 0.05) is 0 Å². The molecule has 23 heavy (non-hydrogen) atoms. The van der Waals surface area contributed by atoms with Crippen LogP contribution in [-0.4, -0.2) is 26.6 Å². The average molecular weight is 344 g/mol. The van der Waals surface area contributed by atoms with Crippen molar-refractivity contribution in [3.8, 4) is 0 Å². The number of hydrogen-bond donors (Lipinski definition) is 2. The normalized spacial score (nSPS) is 11.4. The van der Waals surface area contributed by atoms with E-state index in [4.69, 9.17) is 0 Å². The van der Waals surface area contributed by atoms with Crippen molar-refractivity contribution < 1.29 is 17.6 Å². The maximum Gasteiger partial charge on any atom is 0.239 e. The predicted octanol–water partition coefficient (Wildman–Crippen LogP) is 3.04. The first-order valence-electron chi connectivity index (χ1n) is 7.96. The number of amides is 1. The molecule has 1 amide bonds. The van der Waals surface area contributed by atoms with Crippen LogP contribution in [0, 0.1) is 5.82 Å². The summed E-state index contributed by atoms with van der Waals surface area (Å²) >= 11 is 0. The number of benzene rings is 1. The van der Waals surface area contributed by atoms with Gasteiger partial charge < -0.3 is 5.32 Å². The van der Waals surface area contributed by atoms with Crippen LogP contribution in [0.1, 0.15) is 45.4 Å². The van der Waals surface area contributed by atoms with E-state index in [1.807, 2.05) is 0 Å². The van der Waals surface area contributed by atoms with E-state index in [9.17, 15) is 17.6 Å². The van der Waals surface area contributed by atoms with Crippen LogP contribution in [0.2, 0.25) is 0 Å². The fourth-order valence-corrected chi connectivity index (χ4v) is 3.16. The number of nitrogens with one attached hydrogen (secondary N) is 2. The van der Waals surface area contributed by atoms with Gasteiger partial charge in [-0.3, -0.25) is 4.79 Å². The number of sulfonamides is 1. The van der Waals surface area contributed by atoms with Crippen molar-refractivity contribution in [1.82, 2.24) is 4.72 Å². The second kappa shape index (κ2) is 10.3. The smallest absolute Gasteiger partial charge is 0.239 e. The zero-order valence-corrected chi connectivity index (χ0v) is 14.3. The lowest BCUT2D eigenvalue weighted by Crippen LogP contribution is -2.34. The molecule has 0 saturated heterocycles. The summed E-state index contributed by atoms with van der Waals surface area (Å²) < 4.78 is 39.2. The van der Waals surface area contributed by atoms with E-state index in [0.717, 1.165) is 25.7 Å². The highest BCUT2D eigenvalue weighted by molar-refractivity contribution is 7.89. The molecule has 0 unspecified atom stereocenters. The van der Waals surface area contributed by atoms with Gasteiger partial charge >= 0.3 is 0 Å². The minimum atomic E-state index is -3.48. The second-order valence-electron chi connectivity index (χ2n) is 5.44. The van der Waals surface area contributed by atoms with Crippen molar-refractivity contribution in [3.63, 3.8) is 0 Å². The summed E-state index contributed by atoms with van der Waals surface area (Å²) in [4.78, 5) is 11.7. The number of anilines is 1. The maximum absolute atomic E-state index is 13.4. The van der Waals surface area contributed by atoms with Crippen molar-refractivity contribution in [3.05, 3.63) is 30.1 Å². The SMILES string of the molecule is CCCCCCCCS(=O)(=O)NCC(=O)Nc1ccccc1F. The van der Waals surface area contributed by atoms with Crippen LogP contribution in [0.5, 0.6) is 0 Å². The van der Waals surface area contributed by atoms with Crippen LogP contribution in [0.25, 0.3) is 0 Å². The molecule has 0 aliphatic carbocycles. The minimum absolute atomic E-state index is 0.00605. The Morgan fingerprint density at radius 1 is 1.09 bits per heavy atom. The van der Waals surface area contributed by atoms with Gasteiger partial charge in [0.15, 0.2) is 0 Å². The molecule has 0 saturated carbocycles. The number of rotatable bonds is 11. The largest absolute Gasteiger partial charge is 0.322 e. The van der Waals surface area contributed by atoms with E-state index in [1.165, 1.54) is 24.6 Å². The van der Waals surface area contributed by atoms with Crippen LogP contribution in [0.4, 0.5) is 10.1 Å². The molecule has 0 atom stereocenters. The highest BCUT2D eigenvalue weighted by atomic mass is 32.2. The molecular weight excluding hydrogens is 319 g/mol. The third-order valence-electron chi connectivity index (χ3n) is 3.37. The Kier molecular flexibility index (Phi) is 8.79. The van der Waals surface area contributed by atoms with E-state index in [2.05, 4.69) is 17.0 Å². The van der Waals surface area contributed by atoms with Gasteiger partial charge in [-0.1, -0.05) is 51.2 Å². The summed E-state index contributed by atoms with van der Waals surface area (Å²) in [5, 5.41) is 2.33. The predicted molar refractivity (Wildman–Crippen MR) is 90.2 cm³/mol. The van der Waals surface area contributed by atoms with Crippen LogP contribution in [0.15, 0.2) is 24.3 Å². The standard InChI is InChI=1S/C16H25FN2O3S/c1-2-3-4-5-6-9-12-23(21,22)18-13-16(20)19-15-11-8-7-10-14(15)17/h7-8,10-11,18H,2-6,9,12-13H2,1H3,(H,19,20). The molecule has 0 bridgehead atoms. The lowest BCUT2D eigenvalue weighted by atomic mass is 10.1. The lowest BCUT2D eigenvalue weighted by molar-refractivity contribution is -0.115. The third-order valence-corrected chi connectivity index (χ3v) is 4.78. The second-order valence-corrected chi connectivity index (χ2v) is 7.36. The fourth-order valence-electron chi connectivity index (χ4n) is 2.08. The van der Waals surface area contributed by atoms with Gasteiger partial charge in [0.05, 0.1) is 18.0 Å². The zero-order chi connectivity index (χ0) is 17.1. The van der Waals surface area contributed by atoms with Gasteiger partial charge in [-0.2, -0.15) is 0 Å². The summed E-state index contributed by atoms with van der Waals surface area (Å²) in [6.07, 6.45) is 5.90. The molecule has 0 heterocycles. The molecule has 0 fully saturated rings. The molecule has 7 heteroatoms. The summed E-state index contributed by atoms with van der Waals surface area (Å²) in [6.45, 7) is 1.73. The summed E-state index contributed by atoms with van der Waals surface area (Å²) in [5.74, 6) is -1.15. The number of carbonyl (C=O) groups is 1. The van der Waals surface area contributed by atoms with Gasteiger partial charge in [0.25, 0.3) is 0 Å². The first-order valence-corrected chi connectivity index (χ1v) is 9.61. The Morgan fingerprint density at radius 2 is 1.74 bits per heavy atom. The molecule has 0 radical (unpaired) electrons. The highest BCUT2D eigenvalue weighted by Crippen LogP contribution is 2.11. The molecule has 130 valence electrons. The first-order chi connectivity index (χ1) is 10.9. The van der Waals surface area contributed by atoms with Crippen molar-refractivity contribution in [2.45, 2.75) is 45.4 Å². The molecule has 1 aromatic carbocycles. The van der Waals surface area contributed by atoms with Crippen molar-refractivity contribution in [2.24, 2.45) is 0 Å². The van der Waals surface area contributed by atoms with E-state index in [0.29, 0.717) is 6.42 Å². The van der Waals surface area contributed by atoms with Gasteiger partial charge in [-0.05, 0) is 18.6 Å². The number of halogens is 1. The van der Waals surface area contributed by atoms with E-state index in [-0.39, 0.29) is 11.4 Å². The Bertz CT molecular complexity index is 591. The van der Waals surface area contributed by atoms with Gasteiger partial charge in [0.2, 0.25) is 15.9 Å². The Hall–Kier alpha value is -1.47. The number of hydrogen-bond acceptors (Lipinski definition) is 3. The Labute approximate surface area is 137 Å².